The van der Waals surface area contributed by atoms with E-state index in [2.05, 4.69) is 13.8 Å². The Bertz CT molecular complexity index is 206. The van der Waals surface area contributed by atoms with E-state index >= 15 is 0 Å². The number of carboxylic acids is 1. The van der Waals surface area contributed by atoms with Crippen LogP contribution in [0.4, 0.5) is 0 Å². The van der Waals surface area contributed by atoms with Crippen LogP contribution >= 0.6 is 11.8 Å². The molecule has 1 aliphatic heterocycles. The summed E-state index contributed by atoms with van der Waals surface area (Å²) in [5.41, 5.74) is 5.86. The molecule has 0 aromatic carbocycles. The number of thioether (sulfide) groups is 1. The van der Waals surface area contributed by atoms with Gasteiger partial charge in [-0.3, -0.25) is 4.79 Å². The van der Waals surface area contributed by atoms with E-state index in [9.17, 15) is 4.79 Å². The van der Waals surface area contributed by atoms with Crippen LogP contribution in [0.3, 0.4) is 0 Å². The first-order chi connectivity index (χ1) is 5.93. The summed E-state index contributed by atoms with van der Waals surface area (Å²) in [6, 6.07) is -0.192. The van der Waals surface area contributed by atoms with Crippen molar-refractivity contribution in [2.24, 2.45) is 11.7 Å². The second kappa shape index (κ2) is 3.88. The number of hydrogen-bond acceptors (Lipinski definition) is 3. The molecule has 13 heavy (non-hydrogen) atoms. The Kier molecular flexibility index (Phi) is 3.24. The quantitative estimate of drug-likeness (QED) is 0.726. The summed E-state index contributed by atoms with van der Waals surface area (Å²) in [4.78, 5) is 10.5. The number of aliphatic carboxylic acids is 1. The van der Waals surface area contributed by atoms with E-state index in [1.807, 2.05) is 11.8 Å². The summed E-state index contributed by atoms with van der Waals surface area (Å²) < 4.78 is 0.148. The molecule has 3 nitrogen and oxygen atoms in total. The zero-order chi connectivity index (χ0) is 10.1. The van der Waals surface area contributed by atoms with Gasteiger partial charge in [-0.15, -0.1) is 0 Å². The van der Waals surface area contributed by atoms with Gasteiger partial charge in [-0.05, 0) is 18.1 Å². The Morgan fingerprint density at radius 3 is 2.77 bits per heavy atom. The molecule has 2 unspecified atom stereocenters. The van der Waals surface area contributed by atoms with Crippen molar-refractivity contribution in [1.82, 2.24) is 0 Å². The van der Waals surface area contributed by atoms with Crippen LogP contribution in [-0.4, -0.2) is 27.6 Å². The minimum Gasteiger partial charge on any atom is -0.481 e. The Balaban J connectivity index is 2.55. The van der Waals surface area contributed by atoms with E-state index < -0.39 is 5.97 Å². The van der Waals surface area contributed by atoms with Gasteiger partial charge in [0.1, 0.15) is 0 Å². The summed E-state index contributed by atoms with van der Waals surface area (Å²) in [6.07, 6.45) is 1.14. The predicted molar refractivity (Wildman–Crippen MR) is 54.9 cm³/mol. The molecule has 0 aromatic rings. The van der Waals surface area contributed by atoms with Gasteiger partial charge in [0.05, 0.1) is 6.42 Å². The SMILES string of the molecule is CC1(C)SCCC1C(N)CC(=O)O. The number of nitrogens with two attached hydrogens (primary N) is 1. The summed E-state index contributed by atoms with van der Waals surface area (Å²) in [6.45, 7) is 4.30. The molecule has 0 saturated carbocycles. The first kappa shape index (κ1) is 10.9. The minimum absolute atomic E-state index is 0.0919. The molecular weight excluding hydrogens is 186 g/mol. The van der Waals surface area contributed by atoms with E-state index in [-0.39, 0.29) is 17.2 Å². The Morgan fingerprint density at radius 2 is 2.38 bits per heavy atom. The average Bonchev–Trinajstić information content (AvgIpc) is 2.27. The molecule has 0 aromatic heterocycles. The smallest absolute Gasteiger partial charge is 0.304 e. The fourth-order valence-electron chi connectivity index (χ4n) is 1.98. The highest BCUT2D eigenvalue weighted by Crippen LogP contribution is 2.43. The lowest BCUT2D eigenvalue weighted by Gasteiger charge is -2.30. The van der Waals surface area contributed by atoms with E-state index in [1.54, 1.807) is 0 Å². The highest BCUT2D eigenvalue weighted by Gasteiger charge is 2.39. The molecule has 1 saturated heterocycles. The summed E-state index contributed by atoms with van der Waals surface area (Å²) in [7, 11) is 0. The predicted octanol–water partition coefficient (Wildman–Crippen LogP) is 1.32. The van der Waals surface area contributed by atoms with E-state index in [4.69, 9.17) is 10.8 Å². The fraction of sp³-hybridized carbons (Fsp3) is 0.889. The maximum atomic E-state index is 10.5. The third kappa shape index (κ3) is 2.61. The number of hydrogen-bond donors (Lipinski definition) is 2. The lowest BCUT2D eigenvalue weighted by molar-refractivity contribution is -0.137. The van der Waals surface area contributed by atoms with Gasteiger partial charge in [0.25, 0.3) is 0 Å². The zero-order valence-corrected chi connectivity index (χ0v) is 8.93. The Morgan fingerprint density at radius 1 is 1.77 bits per heavy atom. The van der Waals surface area contributed by atoms with Crippen molar-refractivity contribution in [2.45, 2.75) is 37.5 Å². The molecule has 1 heterocycles. The second-order valence-electron chi connectivity index (χ2n) is 4.11. The Labute approximate surface area is 83.1 Å². The monoisotopic (exact) mass is 203 g/mol. The molecule has 1 aliphatic rings. The van der Waals surface area contributed by atoms with Crippen molar-refractivity contribution < 1.29 is 9.90 Å². The van der Waals surface area contributed by atoms with Crippen molar-refractivity contribution in [1.29, 1.82) is 0 Å². The van der Waals surface area contributed by atoms with E-state index in [1.165, 1.54) is 0 Å². The largest absolute Gasteiger partial charge is 0.481 e. The van der Waals surface area contributed by atoms with Crippen molar-refractivity contribution in [3.63, 3.8) is 0 Å². The second-order valence-corrected chi connectivity index (χ2v) is 5.86. The molecule has 2 atom stereocenters. The van der Waals surface area contributed by atoms with E-state index in [0.29, 0.717) is 5.92 Å². The molecule has 0 amide bonds. The van der Waals surface area contributed by atoms with Crippen LogP contribution in [0.15, 0.2) is 0 Å². The maximum Gasteiger partial charge on any atom is 0.304 e. The average molecular weight is 203 g/mol. The van der Waals surface area contributed by atoms with Crippen LogP contribution in [0.1, 0.15) is 26.7 Å². The highest BCUT2D eigenvalue weighted by atomic mass is 32.2. The first-order valence-electron chi connectivity index (χ1n) is 4.55. The molecule has 3 N–H and O–H groups in total. The van der Waals surface area contributed by atoms with Crippen LogP contribution in [0.2, 0.25) is 0 Å². The first-order valence-corrected chi connectivity index (χ1v) is 5.53. The van der Waals surface area contributed by atoms with Crippen molar-refractivity contribution >= 4 is 17.7 Å². The van der Waals surface area contributed by atoms with Gasteiger partial charge in [0.15, 0.2) is 0 Å². The lowest BCUT2D eigenvalue weighted by atomic mass is 9.85. The topological polar surface area (TPSA) is 63.3 Å². The molecule has 0 bridgehead atoms. The molecule has 0 spiro atoms. The summed E-state index contributed by atoms with van der Waals surface area (Å²) >= 11 is 1.89. The number of carboxylic acid groups (broad SMARTS) is 1. The molecular formula is C9H17NO2S. The van der Waals surface area contributed by atoms with Crippen molar-refractivity contribution in [3.05, 3.63) is 0 Å². The van der Waals surface area contributed by atoms with Crippen LogP contribution in [0, 0.1) is 5.92 Å². The standard InChI is InChI=1S/C9H17NO2S/c1-9(2)6(3-4-13-9)7(10)5-8(11)12/h6-7H,3-5,10H2,1-2H3,(H,11,12). The van der Waals surface area contributed by atoms with Gasteiger partial charge in [-0.1, -0.05) is 13.8 Å². The van der Waals surface area contributed by atoms with Crippen molar-refractivity contribution in [2.75, 3.05) is 5.75 Å². The maximum absolute atomic E-state index is 10.5. The number of carbonyl (C=O) groups is 1. The van der Waals surface area contributed by atoms with Crippen LogP contribution in [0.25, 0.3) is 0 Å². The minimum atomic E-state index is -0.791. The van der Waals surface area contributed by atoms with Gasteiger partial charge in [0.2, 0.25) is 0 Å². The van der Waals surface area contributed by atoms with Gasteiger partial charge < -0.3 is 10.8 Å². The van der Waals surface area contributed by atoms with E-state index in [0.717, 1.165) is 12.2 Å². The fourth-order valence-corrected chi connectivity index (χ4v) is 3.38. The van der Waals surface area contributed by atoms with Gasteiger partial charge in [-0.25, -0.2) is 0 Å². The highest BCUT2D eigenvalue weighted by molar-refractivity contribution is 8.00. The Hall–Kier alpha value is -0.220. The van der Waals surface area contributed by atoms with Gasteiger partial charge >= 0.3 is 5.97 Å². The van der Waals surface area contributed by atoms with Crippen LogP contribution in [-0.2, 0) is 4.79 Å². The zero-order valence-electron chi connectivity index (χ0n) is 8.12. The molecule has 76 valence electrons. The molecule has 1 rings (SSSR count). The number of rotatable bonds is 3. The summed E-state index contributed by atoms with van der Waals surface area (Å²) in [5, 5.41) is 8.63. The molecule has 1 fully saturated rings. The normalized spacial score (nSPS) is 28.7. The molecule has 0 radical (unpaired) electrons. The van der Waals surface area contributed by atoms with Crippen molar-refractivity contribution in [3.8, 4) is 0 Å². The van der Waals surface area contributed by atoms with Gasteiger partial charge in [-0.2, -0.15) is 11.8 Å². The summed E-state index contributed by atoms with van der Waals surface area (Å²) in [5.74, 6) is 0.652. The van der Waals surface area contributed by atoms with Gasteiger partial charge in [0, 0.05) is 10.8 Å². The van der Waals surface area contributed by atoms with Crippen LogP contribution < -0.4 is 5.73 Å². The lowest BCUT2D eigenvalue weighted by Crippen LogP contribution is -2.40. The third-order valence-corrected chi connectivity index (χ3v) is 4.21. The van der Waals surface area contributed by atoms with Crippen LogP contribution in [0.5, 0.6) is 0 Å². The third-order valence-electron chi connectivity index (χ3n) is 2.72. The molecule has 4 heteroatoms. The molecule has 0 aliphatic carbocycles.